The second kappa shape index (κ2) is 9.43. The molecule has 2 aromatic carbocycles. The molecule has 33 heavy (non-hydrogen) atoms. The van der Waals surface area contributed by atoms with Crippen LogP contribution in [0.1, 0.15) is 33.7 Å². The molecule has 4 rings (SSSR count). The number of nitro benzene ring substituents is 1. The Morgan fingerprint density at radius 3 is 2.42 bits per heavy atom. The minimum Gasteiger partial charge on any atom is -0.366 e. The maximum Gasteiger partial charge on any atom is 0.293 e. The highest BCUT2D eigenvalue weighted by Gasteiger charge is 2.24. The van der Waals surface area contributed by atoms with Crippen molar-refractivity contribution in [3.8, 4) is 0 Å². The van der Waals surface area contributed by atoms with Crippen molar-refractivity contribution >= 4 is 34.6 Å². The predicted octanol–water partition coefficient (Wildman–Crippen LogP) is 4.23. The zero-order chi connectivity index (χ0) is 23.4. The molecule has 10 heteroatoms. The summed E-state index contributed by atoms with van der Waals surface area (Å²) in [4.78, 5) is 42.2. The number of carbonyl (C=O) groups is 2. The van der Waals surface area contributed by atoms with Crippen LogP contribution in [-0.4, -0.2) is 34.8 Å². The first-order valence-electron chi connectivity index (χ1n) is 10.3. The molecule has 1 aliphatic rings. The predicted molar refractivity (Wildman–Crippen MR) is 121 cm³/mol. The van der Waals surface area contributed by atoms with Gasteiger partial charge < -0.3 is 15.5 Å². The molecule has 1 saturated heterocycles. The molecule has 0 atom stereocenters. The van der Waals surface area contributed by atoms with Crippen LogP contribution in [0.4, 0.5) is 27.1 Å². The second-order valence-corrected chi connectivity index (χ2v) is 7.47. The fourth-order valence-electron chi connectivity index (χ4n) is 3.64. The second-order valence-electron chi connectivity index (χ2n) is 7.47. The summed E-state index contributed by atoms with van der Waals surface area (Å²) in [7, 11) is 0. The number of carbonyl (C=O) groups excluding carboxylic acids is 2. The zero-order valence-electron chi connectivity index (χ0n) is 17.5. The van der Waals surface area contributed by atoms with E-state index in [9.17, 15) is 24.1 Å². The van der Waals surface area contributed by atoms with Gasteiger partial charge in [-0.1, -0.05) is 6.07 Å². The highest BCUT2D eigenvalue weighted by atomic mass is 19.1. The highest BCUT2D eigenvalue weighted by Crippen LogP contribution is 2.32. The van der Waals surface area contributed by atoms with Crippen molar-refractivity contribution in [3.63, 3.8) is 0 Å². The first-order chi connectivity index (χ1) is 15.9. The van der Waals surface area contributed by atoms with Crippen LogP contribution in [-0.2, 0) is 0 Å². The third kappa shape index (κ3) is 4.95. The lowest BCUT2D eigenvalue weighted by Gasteiger charge is -2.18. The normalized spacial score (nSPS) is 12.9. The van der Waals surface area contributed by atoms with E-state index in [0.717, 1.165) is 38.1 Å². The Kier molecular flexibility index (Phi) is 6.25. The van der Waals surface area contributed by atoms with Crippen molar-refractivity contribution in [3.05, 3.63) is 88.0 Å². The molecule has 1 aromatic heterocycles. The van der Waals surface area contributed by atoms with Gasteiger partial charge in [0.05, 0.1) is 16.3 Å². The van der Waals surface area contributed by atoms with E-state index >= 15 is 0 Å². The average molecular weight is 449 g/mol. The molecule has 0 aliphatic carbocycles. The number of benzene rings is 2. The fraction of sp³-hybridized carbons (Fsp3) is 0.174. The van der Waals surface area contributed by atoms with Crippen LogP contribution in [0.15, 0.2) is 60.8 Å². The van der Waals surface area contributed by atoms with Crippen LogP contribution in [0.5, 0.6) is 0 Å². The third-order valence-electron chi connectivity index (χ3n) is 5.26. The van der Waals surface area contributed by atoms with E-state index < -0.39 is 22.6 Å². The van der Waals surface area contributed by atoms with Crippen LogP contribution in [0.3, 0.4) is 0 Å². The van der Waals surface area contributed by atoms with Gasteiger partial charge in [-0.2, -0.15) is 0 Å². The number of hydrogen-bond donors (Lipinski definition) is 2. The van der Waals surface area contributed by atoms with Crippen molar-refractivity contribution in [1.82, 2.24) is 4.98 Å². The van der Waals surface area contributed by atoms with Gasteiger partial charge in [-0.3, -0.25) is 24.7 Å². The van der Waals surface area contributed by atoms with Crippen molar-refractivity contribution in [2.75, 3.05) is 28.6 Å². The summed E-state index contributed by atoms with van der Waals surface area (Å²) >= 11 is 0. The molecular weight excluding hydrogens is 429 g/mol. The summed E-state index contributed by atoms with van der Waals surface area (Å²) in [6, 6.07) is 12.6. The van der Waals surface area contributed by atoms with Crippen molar-refractivity contribution in [2.24, 2.45) is 0 Å². The molecule has 168 valence electrons. The number of aromatic nitrogens is 1. The summed E-state index contributed by atoms with van der Waals surface area (Å²) in [6.07, 6.45) is 3.36. The van der Waals surface area contributed by atoms with E-state index in [1.165, 1.54) is 30.5 Å². The van der Waals surface area contributed by atoms with Gasteiger partial charge >= 0.3 is 0 Å². The summed E-state index contributed by atoms with van der Waals surface area (Å²) in [5.41, 5.74) is 0.637. The standard InChI is InChI=1S/C23H20FN5O4/c24-16-7-8-17(26-23(31)18-5-1-2-10-25-18)19(14-16)27-22(30)15-6-9-20(21(13-15)29(32)33)28-11-3-4-12-28/h1-2,5-10,13-14H,3-4,11-12H2,(H,26,31)(H,27,30). The first kappa shape index (κ1) is 21.9. The van der Waals surface area contributed by atoms with Crippen molar-refractivity contribution in [1.29, 1.82) is 0 Å². The van der Waals surface area contributed by atoms with Crippen LogP contribution >= 0.6 is 0 Å². The van der Waals surface area contributed by atoms with Crippen LogP contribution in [0.25, 0.3) is 0 Å². The molecule has 3 aromatic rings. The van der Waals surface area contributed by atoms with Gasteiger partial charge in [0, 0.05) is 30.9 Å². The van der Waals surface area contributed by atoms with Crippen molar-refractivity contribution in [2.45, 2.75) is 12.8 Å². The monoisotopic (exact) mass is 449 g/mol. The number of pyridine rings is 1. The molecule has 0 spiro atoms. The van der Waals surface area contributed by atoms with E-state index in [4.69, 9.17) is 0 Å². The molecule has 1 fully saturated rings. The number of halogens is 1. The number of rotatable bonds is 6. The Morgan fingerprint density at radius 2 is 1.73 bits per heavy atom. The molecule has 2 heterocycles. The first-order valence-corrected chi connectivity index (χ1v) is 10.3. The van der Waals surface area contributed by atoms with E-state index in [-0.39, 0.29) is 28.3 Å². The highest BCUT2D eigenvalue weighted by molar-refractivity contribution is 6.09. The molecular formula is C23H20FN5O4. The van der Waals surface area contributed by atoms with Gasteiger partial charge in [0.2, 0.25) is 0 Å². The van der Waals surface area contributed by atoms with Gasteiger partial charge in [-0.15, -0.1) is 0 Å². The van der Waals surface area contributed by atoms with Crippen LogP contribution in [0, 0.1) is 15.9 Å². The summed E-state index contributed by atoms with van der Waals surface area (Å²) in [5.74, 6) is -1.84. The van der Waals surface area contributed by atoms with E-state index in [0.29, 0.717) is 5.69 Å². The zero-order valence-corrected chi connectivity index (χ0v) is 17.5. The van der Waals surface area contributed by atoms with E-state index in [2.05, 4.69) is 15.6 Å². The van der Waals surface area contributed by atoms with Gasteiger partial charge in [0.15, 0.2) is 0 Å². The van der Waals surface area contributed by atoms with Crippen molar-refractivity contribution < 1.29 is 18.9 Å². The Bertz CT molecular complexity index is 1210. The van der Waals surface area contributed by atoms with Crippen LogP contribution < -0.4 is 15.5 Å². The van der Waals surface area contributed by atoms with E-state index in [1.807, 2.05) is 4.90 Å². The number of nitrogens with one attached hydrogen (secondary N) is 2. The smallest absolute Gasteiger partial charge is 0.293 e. The topological polar surface area (TPSA) is 117 Å². The molecule has 0 saturated carbocycles. The lowest BCUT2D eigenvalue weighted by atomic mass is 10.1. The Hall–Kier alpha value is -4.34. The fourth-order valence-corrected chi connectivity index (χ4v) is 3.64. The molecule has 9 nitrogen and oxygen atoms in total. The SMILES string of the molecule is O=C(Nc1cc(F)ccc1NC(=O)c1ccccn1)c1ccc(N2CCCC2)c([N+](=O)[O-])c1. The number of nitrogens with zero attached hydrogens (tertiary/aromatic N) is 3. The minimum absolute atomic E-state index is 0.00977. The lowest BCUT2D eigenvalue weighted by Crippen LogP contribution is -2.20. The summed E-state index contributed by atoms with van der Waals surface area (Å²) < 4.78 is 13.9. The average Bonchev–Trinajstić information content (AvgIpc) is 3.35. The van der Waals surface area contributed by atoms with Gasteiger partial charge in [0.1, 0.15) is 17.2 Å². The third-order valence-corrected chi connectivity index (χ3v) is 5.26. The molecule has 2 N–H and O–H groups in total. The Morgan fingerprint density at radius 1 is 0.970 bits per heavy atom. The molecule has 0 radical (unpaired) electrons. The van der Waals surface area contributed by atoms with Gasteiger partial charge in [-0.05, 0) is 55.3 Å². The van der Waals surface area contributed by atoms with E-state index in [1.54, 1.807) is 18.2 Å². The Labute approximate surface area is 188 Å². The van der Waals surface area contributed by atoms with Crippen LogP contribution in [0.2, 0.25) is 0 Å². The number of nitro groups is 1. The molecule has 0 bridgehead atoms. The quantitative estimate of drug-likeness (QED) is 0.430. The Balaban J connectivity index is 1.58. The van der Waals surface area contributed by atoms with Gasteiger partial charge in [-0.25, -0.2) is 4.39 Å². The minimum atomic E-state index is -0.676. The maximum atomic E-state index is 13.9. The number of anilines is 3. The maximum absolute atomic E-state index is 13.9. The number of hydrogen-bond acceptors (Lipinski definition) is 6. The summed E-state index contributed by atoms with van der Waals surface area (Å²) in [6.45, 7) is 1.43. The molecule has 1 aliphatic heterocycles. The molecule has 0 unspecified atom stereocenters. The molecule has 2 amide bonds. The van der Waals surface area contributed by atoms with Gasteiger partial charge in [0.25, 0.3) is 17.5 Å². The summed E-state index contributed by atoms with van der Waals surface area (Å²) in [5, 5.41) is 16.7. The lowest BCUT2D eigenvalue weighted by molar-refractivity contribution is -0.384. The largest absolute Gasteiger partial charge is 0.366 e. The number of amides is 2.